The summed E-state index contributed by atoms with van der Waals surface area (Å²) < 4.78 is 25.8. The Morgan fingerprint density at radius 1 is 1.04 bits per heavy atom. The molecule has 0 amide bonds. The summed E-state index contributed by atoms with van der Waals surface area (Å²) in [6.07, 6.45) is 0. The molecule has 24 heavy (non-hydrogen) atoms. The van der Waals surface area contributed by atoms with E-state index in [1.54, 1.807) is 12.1 Å². The predicted octanol–water partition coefficient (Wildman–Crippen LogP) is 2.96. The van der Waals surface area contributed by atoms with E-state index in [-0.39, 0.29) is 10.9 Å². The van der Waals surface area contributed by atoms with Crippen molar-refractivity contribution in [3.63, 3.8) is 0 Å². The third kappa shape index (κ3) is 4.63. The van der Waals surface area contributed by atoms with Gasteiger partial charge in [0.2, 0.25) is 10.0 Å². The van der Waals surface area contributed by atoms with Crippen LogP contribution >= 0.6 is 0 Å². The minimum atomic E-state index is -3.39. The van der Waals surface area contributed by atoms with Gasteiger partial charge in [-0.3, -0.25) is 4.98 Å². The van der Waals surface area contributed by atoms with Gasteiger partial charge in [-0.05, 0) is 49.7 Å². The average molecular weight is 347 g/mol. The van der Waals surface area contributed by atoms with Crippen LogP contribution in [0.25, 0.3) is 0 Å². The Hall–Kier alpha value is -1.76. The molecular weight excluding hydrogens is 322 g/mol. The Kier molecular flexibility index (Phi) is 6.10. The molecule has 0 bridgehead atoms. The molecule has 1 aromatic carbocycles. The Labute approximate surface area is 144 Å². The van der Waals surface area contributed by atoms with Crippen molar-refractivity contribution in [1.82, 2.24) is 15.0 Å². The Morgan fingerprint density at radius 3 is 2.29 bits per heavy atom. The number of aromatic nitrogens is 1. The molecule has 0 radical (unpaired) electrons. The van der Waals surface area contributed by atoms with Crippen LogP contribution in [0.4, 0.5) is 0 Å². The Bertz CT molecular complexity index is 771. The molecule has 0 spiro atoms. The van der Waals surface area contributed by atoms with Crippen LogP contribution in [0.3, 0.4) is 0 Å². The van der Waals surface area contributed by atoms with Gasteiger partial charge in [0.15, 0.2) is 0 Å². The molecule has 0 aliphatic rings. The standard InChI is InChI=1S/C18H25N3O2S/c1-13(2)18-7-5-6-16(21-18)12-20-14(3)15-8-10-17(11-9-15)24(22,23)19-4/h5-11,13-14,19-20H,12H2,1-4H3/t14-/m1/s1. The van der Waals surface area contributed by atoms with Gasteiger partial charge in [-0.1, -0.05) is 32.0 Å². The van der Waals surface area contributed by atoms with Crippen molar-refractivity contribution >= 4 is 10.0 Å². The summed E-state index contributed by atoms with van der Waals surface area (Å²) in [6.45, 7) is 6.97. The third-order valence-electron chi connectivity index (χ3n) is 3.97. The SMILES string of the molecule is CNS(=O)(=O)c1ccc([C@@H](C)NCc2cccc(C(C)C)n2)cc1. The first-order valence-electron chi connectivity index (χ1n) is 8.06. The first-order chi connectivity index (χ1) is 11.3. The number of sulfonamides is 1. The highest BCUT2D eigenvalue weighted by Crippen LogP contribution is 2.17. The molecule has 2 aromatic rings. The van der Waals surface area contributed by atoms with Crippen LogP contribution in [0.5, 0.6) is 0 Å². The van der Waals surface area contributed by atoms with Crippen LogP contribution in [-0.4, -0.2) is 20.4 Å². The molecule has 0 saturated heterocycles. The number of benzene rings is 1. The normalized spacial score (nSPS) is 13.2. The van der Waals surface area contributed by atoms with E-state index in [1.807, 2.05) is 37.3 Å². The van der Waals surface area contributed by atoms with Crippen LogP contribution < -0.4 is 10.0 Å². The Balaban J connectivity index is 2.02. The van der Waals surface area contributed by atoms with Gasteiger partial charge in [0, 0.05) is 18.3 Å². The second-order valence-electron chi connectivity index (χ2n) is 6.09. The molecule has 1 atom stereocenters. The van der Waals surface area contributed by atoms with Gasteiger partial charge < -0.3 is 5.32 Å². The second-order valence-corrected chi connectivity index (χ2v) is 7.97. The summed E-state index contributed by atoms with van der Waals surface area (Å²) >= 11 is 0. The fraction of sp³-hybridized carbons (Fsp3) is 0.389. The topological polar surface area (TPSA) is 71.1 Å². The molecule has 2 rings (SSSR count). The number of hydrogen-bond acceptors (Lipinski definition) is 4. The van der Waals surface area contributed by atoms with E-state index in [2.05, 4.69) is 28.9 Å². The van der Waals surface area contributed by atoms with Crippen molar-refractivity contribution in [1.29, 1.82) is 0 Å². The van der Waals surface area contributed by atoms with Crippen LogP contribution in [0, 0.1) is 0 Å². The highest BCUT2D eigenvalue weighted by Gasteiger charge is 2.12. The number of nitrogens with one attached hydrogen (secondary N) is 2. The molecule has 0 fully saturated rings. The maximum Gasteiger partial charge on any atom is 0.240 e. The van der Waals surface area contributed by atoms with Crippen molar-refractivity contribution in [3.8, 4) is 0 Å². The molecule has 6 heteroatoms. The minimum absolute atomic E-state index is 0.0980. The molecule has 0 saturated carbocycles. The second kappa shape index (κ2) is 7.88. The largest absolute Gasteiger partial charge is 0.305 e. The van der Waals surface area contributed by atoms with E-state index in [4.69, 9.17) is 0 Å². The maximum absolute atomic E-state index is 11.7. The van der Waals surface area contributed by atoms with Gasteiger partial charge in [0.1, 0.15) is 0 Å². The van der Waals surface area contributed by atoms with E-state index < -0.39 is 10.0 Å². The molecule has 1 aromatic heterocycles. The lowest BCUT2D eigenvalue weighted by Crippen LogP contribution is -2.20. The molecule has 2 N–H and O–H groups in total. The van der Waals surface area contributed by atoms with Crippen molar-refractivity contribution in [2.75, 3.05) is 7.05 Å². The fourth-order valence-electron chi connectivity index (χ4n) is 2.35. The first-order valence-corrected chi connectivity index (χ1v) is 9.54. The van der Waals surface area contributed by atoms with Crippen molar-refractivity contribution in [2.24, 2.45) is 0 Å². The van der Waals surface area contributed by atoms with Gasteiger partial charge in [0.25, 0.3) is 0 Å². The lowest BCUT2D eigenvalue weighted by molar-refractivity contribution is 0.565. The molecule has 1 heterocycles. The van der Waals surface area contributed by atoms with Crippen LogP contribution in [0.2, 0.25) is 0 Å². The summed E-state index contributed by atoms with van der Waals surface area (Å²) in [6, 6.07) is 13.1. The zero-order valence-electron chi connectivity index (χ0n) is 14.6. The fourth-order valence-corrected chi connectivity index (χ4v) is 3.08. The summed E-state index contributed by atoms with van der Waals surface area (Å²) in [7, 11) is -1.98. The van der Waals surface area contributed by atoms with Crippen LogP contribution in [0.1, 0.15) is 49.7 Å². The number of rotatable bonds is 7. The molecule has 0 unspecified atom stereocenters. The average Bonchev–Trinajstić information content (AvgIpc) is 2.60. The molecule has 0 aliphatic carbocycles. The number of nitrogens with zero attached hydrogens (tertiary/aromatic N) is 1. The highest BCUT2D eigenvalue weighted by molar-refractivity contribution is 7.89. The first kappa shape index (κ1) is 18.6. The highest BCUT2D eigenvalue weighted by atomic mass is 32.2. The summed E-state index contributed by atoms with van der Waals surface area (Å²) in [5.74, 6) is 0.407. The van der Waals surface area contributed by atoms with E-state index in [9.17, 15) is 8.42 Å². The number of pyridine rings is 1. The summed E-state index contributed by atoms with van der Waals surface area (Å²) in [5.41, 5.74) is 3.12. The molecular formula is C18H25N3O2S. The molecule has 0 aliphatic heterocycles. The van der Waals surface area contributed by atoms with Crippen LogP contribution in [-0.2, 0) is 16.6 Å². The maximum atomic E-state index is 11.7. The monoisotopic (exact) mass is 347 g/mol. The zero-order valence-corrected chi connectivity index (χ0v) is 15.4. The minimum Gasteiger partial charge on any atom is -0.305 e. The van der Waals surface area contributed by atoms with E-state index in [0.29, 0.717) is 12.5 Å². The smallest absolute Gasteiger partial charge is 0.240 e. The van der Waals surface area contributed by atoms with Gasteiger partial charge in [-0.25, -0.2) is 13.1 Å². The van der Waals surface area contributed by atoms with E-state index >= 15 is 0 Å². The van der Waals surface area contributed by atoms with Gasteiger partial charge in [0.05, 0.1) is 10.6 Å². The van der Waals surface area contributed by atoms with E-state index in [1.165, 1.54) is 7.05 Å². The van der Waals surface area contributed by atoms with Crippen molar-refractivity contribution < 1.29 is 8.42 Å². The van der Waals surface area contributed by atoms with Crippen molar-refractivity contribution in [3.05, 3.63) is 59.4 Å². The summed E-state index contributed by atoms with van der Waals surface area (Å²) in [5, 5.41) is 3.43. The predicted molar refractivity (Wildman–Crippen MR) is 96.3 cm³/mol. The van der Waals surface area contributed by atoms with Crippen molar-refractivity contribution in [2.45, 2.75) is 44.2 Å². The lowest BCUT2D eigenvalue weighted by Gasteiger charge is -2.15. The zero-order chi connectivity index (χ0) is 17.7. The van der Waals surface area contributed by atoms with Gasteiger partial charge >= 0.3 is 0 Å². The Morgan fingerprint density at radius 2 is 1.71 bits per heavy atom. The number of hydrogen-bond donors (Lipinski definition) is 2. The van der Waals surface area contributed by atoms with Gasteiger partial charge in [-0.15, -0.1) is 0 Å². The molecule has 130 valence electrons. The van der Waals surface area contributed by atoms with Crippen LogP contribution in [0.15, 0.2) is 47.4 Å². The van der Waals surface area contributed by atoms with E-state index in [0.717, 1.165) is 17.0 Å². The summed E-state index contributed by atoms with van der Waals surface area (Å²) in [4.78, 5) is 4.92. The molecule has 5 nitrogen and oxygen atoms in total. The van der Waals surface area contributed by atoms with Gasteiger partial charge in [-0.2, -0.15) is 0 Å². The lowest BCUT2D eigenvalue weighted by atomic mass is 10.1. The third-order valence-corrected chi connectivity index (χ3v) is 5.40. The quantitative estimate of drug-likeness (QED) is 0.808.